The molecule has 0 fully saturated rings. The van der Waals surface area contributed by atoms with Gasteiger partial charge in [0.2, 0.25) is 0 Å². The molecule has 0 spiro atoms. The van der Waals surface area contributed by atoms with Crippen LogP contribution >= 0.6 is 0 Å². The van der Waals surface area contributed by atoms with E-state index in [2.05, 4.69) is 18.8 Å². The molecule has 0 bridgehead atoms. The monoisotopic (exact) mass is 230 g/mol. The lowest BCUT2D eigenvalue weighted by Crippen LogP contribution is -2.06. The fourth-order valence-corrected chi connectivity index (χ4v) is 1.55. The average molecular weight is 230 g/mol. The van der Waals surface area contributed by atoms with Crippen LogP contribution in [0.5, 0.6) is 5.75 Å². The summed E-state index contributed by atoms with van der Waals surface area (Å²) in [5.74, 6) is 7.32. The standard InChI is InChI=1S/C16H22O/c1-4-5-6-7-8-11-15-12-9-10-13-16(15)17-14(2)3/h9-10,12-14H,4-7H2,1-3H3. The van der Waals surface area contributed by atoms with Crippen LogP contribution in [0.2, 0.25) is 0 Å². The number of hydrogen-bond donors (Lipinski definition) is 0. The molecule has 1 heteroatoms. The van der Waals surface area contributed by atoms with Gasteiger partial charge in [0.05, 0.1) is 11.7 Å². The van der Waals surface area contributed by atoms with E-state index in [1.807, 2.05) is 38.1 Å². The van der Waals surface area contributed by atoms with E-state index in [9.17, 15) is 0 Å². The number of para-hydroxylation sites is 1. The highest BCUT2D eigenvalue weighted by molar-refractivity contribution is 5.45. The molecule has 0 aliphatic heterocycles. The van der Waals surface area contributed by atoms with E-state index in [0.29, 0.717) is 0 Å². The summed E-state index contributed by atoms with van der Waals surface area (Å²) in [6, 6.07) is 7.99. The second kappa shape index (κ2) is 7.79. The van der Waals surface area contributed by atoms with Crippen molar-refractivity contribution < 1.29 is 4.74 Å². The van der Waals surface area contributed by atoms with Gasteiger partial charge in [-0.05, 0) is 32.4 Å². The molecule has 0 saturated carbocycles. The molecule has 0 heterocycles. The molecule has 0 aromatic heterocycles. The lowest BCUT2D eigenvalue weighted by molar-refractivity contribution is 0.242. The minimum absolute atomic E-state index is 0.193. The van der Waals surface area contributed by atoms with E-state index in [0.717, 1.165) is 17.7 Å². The zero-order chi connectivity index (χ0) is 12.5. The van der Waals surface area contributed by atoms with E-state index in [-0.39, 0.29) is 6.10 Å². The van der Waals surface area contributed by atoms with E-state index in [1.165, 1.54) is 19.3 Å². The molecule has 0 amide bonds. The largest absolute Gasteiger partial charge is 0.490 e. The van der Waals surface area contributed by atoms with Crippen LogP contribution in [0.3, 0.4) is 0 Å². The van der Waals surface area contributed by atoms with Crippen molar-refractivity contribution in [3.05, 3.63) is 29.8 Å². The zero-order valence-electron chi connectivity index (χ0n) is 11.1. The van der Waals surface area contributed by atoms with Crippen LogP contribution in [0.1, 0.15) is 52.0 Å². The maximum absolute atomic E-state index is 5.72. The number of ether oxygens (including phenoxy) is 1. The molecule has 0 radical (unpaired) electrons. The Hall–Kier alpha value is -1.42. The Morgan fingerprint density at radius 1 is 1.18 bits per heavy atom. The summed E-state index contributed by atoms with van der Waals surface area (Å²) in [6.45, 7) is 6.27. The van der Waals surface area contributed by atoms with Crippen LogP contribution in [0.15, 0.2) is 24.3 Å². The van der Waals surface area contributed by atoms with Crippen molar-refractivity contribution in [2.24, 2.45) is 0 Å². The minimum Gasteiger partial charge on any atom is -0.490 e. The highest BCUT2D eigenvalue weighted by Crippen LogP contribution is 2.18. The summed E-state index contributed by atoms with van der Waals surface area (Å²) in [4.78, 5) is 0. The van der Waals surface area contributed by atoms with Crippen molar-refractivity contribution in [1.82, 2.24) is 0 Å². The van der Waals surface area contributed by atoms with Crippen LogP contribution < -0.4 is 4.74 Å². The fourth-order valence-electron chi connectivity index (χ4n) is 1.55. The predicted molar refractivity (Wildman–Crippen MR) is 73.2 cm³/mol. The van der Waals surface area contributed by atoms with Crippen LogP contribution in [-0.2, 0) is 0 Å². The SMILES string of the molecule is CCCCCC#Cc1ccccc1OC(C)C. The summed E-state index contributed by atoms with van der Waals surface area (Å²) in [5, 5.41) is 0. The molecule has 0 unspecified atom stereocenters. The molecule has 92 valence electrons. The predicted octanol–water partition coefficient (Wildman–Crippen LogP) is 4.41. The summed E-state index contributed by atoms with van der Waals surface area (Å²) in [5.41, 5.74) is 0.998. The second-order valence-electron chi connectivity index (χ2n) is 4.42. The van der Waals surface area contributed by atoms with Crippen LogP contribution in [0.4, 0.5) is 0 Å². The van der Waals surface area contributed by atoms with Crippen molar-refractivity contribution in [3.8, 4) is 17.6 Å². The van der Waals surface area contributed by atoms with Crippen molar-refractivity contribution in [2.45, 2.75) is 52.6 Å². The number of unbranched alkanes of at least 4 members (excludes halogenated alkanes) is 3. The molecule has 0 N–H and O–H groups in total. The van der Waals surface area contributed by atoms with Crippen LogP contribution in [-0.4, -0.2) is 6.10 Å². The molecule has 0 saturated heterocycles. The van der Waals surface area contributed by atoms with Gasteiger partial charge in [-0.2, -0.15) is 0 Å². The first-order chi connectivity index (χ1) is 8.24. The van der Waals surface area contributed by atoms with Gasteiger partial charge in [0.15, 0.2) is 0 Å². The Kier molecular flexibility index (Phi) is 6.25. The molecular weight excluding hydrogens is 208 g/mol. The van der Waals surface area contributed by atoms with Gasteiger partial charge in [-0.3, -0.25) is 0 Å². The van der Waals surface area contributed by atoms with E-state index in [4.69, 9.17) is 4.74 Å². The van der Waals surface area contributed by atoms with Gasteiger partial charge in [0, 0.05) is 6.42 Å². The van der Waals surface area contributed by atoms with Crippen LogP contribution in [0, 0.1) is 11.8 Å². The molecule has 17 heavy (non-hydrogen) atoms. The third-order valence-electron chi connectivity index (χ3n) is 2.38. The van der Waals surface area contributed by atoms with E-state index >= 15 is 0 Å². The van der Waals surface area contributed by atoms with Gasteiger partial charge < -0.3 is 4.74 Å². The maximum Gasteiger partial charge on any atom is 0.135 e. The lowest BCUT2D eigenvalue weighted by atomic mass is 10.1. The third kappa shape index (κ3) is 5.45. The van der Waals surface area contributed by atoms with Gasteiger partial charge >= 0.3 is 0 Å². The Morgan fingerprint density at radius 2 is 1.94 bits per heavy atom. The Morgan fingerprint density at radius 3 is 2.65 bits per heavy atom. The van der Waals surface area contributed by atoms with Gasteiger partial charge in [0.1, 0.15) is 5.75 Å². The number of benzene rings is 1. The minimum atomic E-state index is 0.193. The molecule has 1 aromatic carbocycles. The highest BCUT2D eigenvalue weighted by atomic mass is 16.5. The molecule has 0 aliphatic carbocycles. The maximum atomic E-state index is 5.72. The van der Waals surface area contributed by atoms with Crippen molar-refractivity contribution >= 4 is 0 Å². The van der Waals surface area contributed by atoms with Gasteiger partial charge in [0.25, 0.3) is 0 Å². The normalized spacial score (nSPS) is 9.88. The second-order valence-corrected chi connectivity index (χ2v) is 4.42. The van der Waals surface area contributed by atoms with Crippen molar-refractivity contribution in [3.63, 3.8) is 0 Å². The number of hydrogen-bond acceptors (Lipinski definition) is 1. The van der Waals surface area contributed by atoms with Crippen LogP contribution in [0.25, 0.3) is 0 Å². The molecular formula is C16H22O. The molecule has 0 aliphatic rings. The molecule has 1 aromatic rings. The highest BCUT2D eigenvalue weighted by Gasteiger charge is 2.01. The summed E-state index contributed by atoms with van der Waals surface area (Å²) >= 11 is 0. The van der Waals surface area contributed by atoms with Gasteiger partial charge in [-0.1, -0.05) is 43.7 Å². The topological polar surface area (TPSA) is 9.23 Å². The Bertz CT molecular complexity index is 382. The van der Waals surface area contributed by atoms with Gasteiger partial charge in [-0.25, -0.2) is 0 Å². The fraction of sp³-hybridized carbons (Fsp3) is 0.500. The number of rotatable bonds is 5. The quantitative estimate of drug-likeness (QED) is 0.538. The van der Waals surface area contributed by atoms with E-state index in [1.54, 1.807) is 0 Å². The molecule has 1 rings (SSSR count). The lowest BCUT2D eigenvalue weighted by Gasteiger charge is -2.10. The zero-order valence-corrected chi connectivity index (χ0v) is 11.1. The van der Waals surface area contributed by atoms with Gasteiger partial charge in [-0.15, -0.1) is 0 Å². The summed E-state index contributed by atoms with van der Waals surface area (Å²) < 4.78 is 5.72. The third-order valence-corrected chi connectivity index (χ3v) is 2.38. The van der Waals surface area contributed by atoms with E-state index < -0.39 is 0 Å². The first kappa shape index (κ1) is 13.6. The Labute approximate surface area is 105 Å². The molecule has 1 nitrogen and oxygen atoms in total. The first-order valence-electron chi connectivity index (χ1n) is 6.48. The van der Waals surface area contributed by atoms with Crippen molar-refractivity contribution in [1.29, 1.82) is 0 Å². The smallest absolute Gasteiger partial charge is 0.135 e. The summed E-state index contributed by atoms with van der Waals surface area (Å²) in [6.07, 6.45) is 4.87. The van der Waals surface area contributed by atoms with Crippen molar-refractivity contribution in [2.75, 3.05) is 0 Å². The summed E-state index contributed by atoms with van der Waals surface area (Å²) in [7, 11) is 0. The average Bonchev–Trinajstić information content (AvgIpc) is 2.30. The molecule has 0 atom stereocenters. The Balaban J connectivity index is 2.62. The first-order valence-corrected chi connectivity index (χ1v) is 6.48.